The van der Waals surface area contributed by atoms with E-state index in [1.807, 2.05) is 12.1 Å². The molecule has 31 heavy (non-hydrogen) atoms. The molecule has 2 saturated heterocycles. The first kappa shape index (κ1) is 19.6. The fourth-order valence-corrected chi connectivity index (χ4v) is 4.98. The smallest absolute Gasteiger partial charge is 0.210 e. The Morgan fingerprint density at radius 3 is 2.84 bits per heavy atom. The van der Waals surface area contributed by atoms with E-state index in [0.717, 1.165) is 36.1 Å². The SMILES string of the molecule is COc1cc(Nc2cc3ncccc3c(NC3CC4CCC(C3)N4CCC#N)n2)n[nH]1. The number of ether oxygens (including phenoxy) is 1. The van der Waals surface area contributed by atoms with Crippen molar-refractivity contribution in [1.82, 2.24) is 25.1 Å². The van der Waals surface area contributed by atoms with E-state index in [2.05, 4.69) is 42.9 Å². The highest BCUT2D eigenvalue weighted by Crippen LogP contribution is 2.37. The average molecular weight is 419 g/mol. The van der Waals surface area contributed by atoms with Crippen molar-refractivity contribution in [3.05, 3.63) is 30.5 Å². The Hall–Kier alpha value is -3.38. The lowest BCUT2D eigenvalue weighted by atomic mass is 9.97. The zero-order valence-electron chi connectivity index (χ0n) is 17.5. The van der Waals surface area contributed by atoms with Gasteiger partial charge < -0.3 is 15.4 Å². The summed E-state index contributed by atoms with van der Waals surface area (Å²) in [6, 6.07) is 11.4. The zero-order chi connectivity index (χ0) is 21.2. The number of anilines is 3. The van der Waals surface area contributed by atoms with Gasteiger partial charge in [-0.25, -0.2) is 10.1 Å². The molecule has 2 bridgehead atoms. The lowest BCUT2D eigenvalue weighted by Crippen LogP contribution is -2.47. The van der Waals surface area contributed by atoms with Crippen LogP contribution in [0, 0.1) is 11.3 Å². The maximum Gasteiger partial charge on any atom is 0.210 e. The summed E-state index contributed by atoms with van der Waals surface area (Å²) in [7, 11) is 1.59. The Morgan fingerprint density at radius 2 is 2.10 bits per heavy atom. The molecular formula is C22H26N8O. The molecule has 2 fully saturated rings. The van der Waals surface area contributed by atoms with E-state index in [9.17, 15) is 0 Å². The minimum atomic E-state index is 0.354. The van der Waals surface area contributed by atoms with E-state index >= 15 is 0 Å². The first-order valence-electron chi connectivity index (χ1n) is 10.7. The number of aromatic nitrogens is 4. The maximum atomic E-state index is 8.96. The molecule has 5 heterocycles. The van der Waals surface area contributed by atoms with Gasteiger partial charge in [-0.05, 0) is 37.8 Å². The van der Waals surface area contributed by atoms with Crippen LogP contribution >= 0.6 is 0 Å². The van der Waals surface area contributed by atoms with Gasteiger partial charge in [0.1, 0.15) is 11.6 Å². The van der Waals surface area contributed by atoms with Gasteiger partial charge >= 0.3 is 0 Å². The lowest BCUT2D eigenvalue weighted by Gasteiger charge is -2.39. The molecule has 0 spiro atoms. The normalized spacial score (nSPS) is 22.9. The Bertz CT molecular complexity index is 1090. The standard InChI is InChI=1S/C22H26N8O/c1-31-21-13-20(28-29-21)26-19-12-18-17(4-2-8-24-18)22(27-19)25-14-10-15-5-6-16(11-14)30(15)9-3-7-23/h2,4,8,12-16H,3,5-6,9-11H2,1H3,(H3,25,26,27,28,29). The van der Waals surface area contributed by atoms with E-state index in [1.54, 1.807) is 19.4 Å². The van der Waals surface area contributed by atoms with Gasteiger partial charge in [0, 0.05) is 54.8 Å². The number of pyridine rings is 2. The molecule has 0 aromatic carbocycles. The summed E-state index contributed by atoms with van der Waals surface area (Å²) in [5, 5.41) is 23.9. The summed E-state index contributed by atoms with van der Waals surface area (Å²) in [5.74, 6) is 2.73. The second-order valence-corrected chi connectivity index (χ2v) is 8.22. The van der Waals surface area contributed by atoms with Crippen molar-refractivity contribution in [1.29, 1.82) is 5.26 Å². The van der Waals surface area contributed by atoms with Gasteiger partial charge in [0.25, 0.3) is 0 Å². The van der Waals surface area contributed by atoms with Crippen LogP contribution in [0.2, 0.25) is 0 Å². The predicted molar refractivity (Wildman–Crippen MR) is 118 cm³/mol. The van der Waals surface area contributed by atoms with Gasteiger partial charge in [-0.1, -0.05) is 0 Å². The van der Waals surface area contributed by atoms with E-state index in [0.29, 0.717) is 42.1 Å². The molecule has 0 radical (unpaired) electrons. The van der Waals surface area contributed by atoms with Crippen LogP contribution in [-0.4, -0.2) is 56.8 Å². The van der Waals surface area contributed by atoms with Gasteiger partial charge in [-0.3, -0.25) is 9.88 Å². The second kappa shape index (κ2) is 8.40. The molecular weight excluding hydrogens is 392 g/mol. The third-order valence-electron chi connectivity index (χ3n) is 6.34. The largest absolute Gasteiger partial charge is 0.481 e. The highest BCUT2D eigenvalue weighted by atomic mass is 16.5. The van der Waals surface area contributed by atoms with Gasteiger partial charge in [0.15, 0.2) is 5.82 Å². The minimum Gasteiger partial charge on any atom is -0.481 e. The number of fused-ring (bicyclic) bond motifs is 3. The monoisotopic (exact) mass is 418 g/mol. The number of methoxy groups -OCH3 is 1. The first-order valence-corrected chi connectivity index (χ1v) is 10.7. The zero-order valence-corrected chi connectivity index (χ0v) is 17.5. The van der Waals surface area contributed by atoms with Gasteiger partial charge in [-0.15, -0.1) is 0 Å². The molecule has 9 nitrogen and oxygen atoms in total. The van der Waals surface area contributed by atoms with Crippen molar-refractivity contribution in [3.63, 3.8) is 0 Å². The van der Waals surface area contributed by atoms with Gasteiger partial charge in [-0.2, -0.15) is 10.4 Å². The lowest BCUT2D eigenvalue weighted by molar-refractivity contribution is 0.136. The van der Waals surface area contributed by atoms with Crippen LogP contribution in [-0.2, 0) is 0 Å². The average Bonchev–Trinajstić information content (AvgIpc) is 3.33. The van der Waals surface area contributed by atoms with Crippen molar-refractivity contribution < 1.29 is 4.74 Å². The van der Waals surface area contributed by atoms with E-state index in [-0.39, 0.29) is 0 Å². The molecule has 2 atom stereocenters. The van der Waals surface area contributed by atoms with E-state index < -0.39 is 0 Å². The molecule has 3 N–H and O–H groups in total. The summed E-state index contributed by atoms with van der Waals surface area (Å²) < 4.78 is 5.16. The molecule has 2 unspecified atom stereocenters. The van der Waals surface area contributed by atoms with Crippen LogP contribution in [0.15, 0.2) is 30.5 Å². The number of hydrogen-bond acceptors (Lipinski definition) is 8. The van der Waals surface area contributed by atoms with E-state index in [1.165, 1.54) is 12.8 Å². The van der Waals surface area contributed by atoms with Crippen molar-refractivity contribution >= 4 is 28.4 Å². The third kappa shape index (κ3) is 3.99. The van der Waals surface area contributed by atoms with Crippen molar-refractivity contribution in [2.75, 3.05) is 24.3 Å². The first-order chi connectivity index (χ1) is 15.2. The highest BCUT2D eigenvalue weighted by molar-refractivity contribution is 5.91. The molecule has 5 rings (SSSR count). The van der Waals surface area contributed by atoms with E-state index in [4.69, 9.17) is 15.0 Å². The van der Waals surface area contributed by atoms with Crippen LogP contribution in [0.25, 0.3) is 10.9 Å². The van der Waals surface area contributed by atoms with Crippen LogP contribution in [0.1, 0.15) is 32.1 Å². The number of rotatable bonds is 7. The van der Waals surface area contributed by atoms with Gasteiger partial charge in [0.2, 0.25) is 5.88 Å². The number of hydrogen-bond donors (Lipinski definition) is 3. The Balaban J connectivity index is 1.37. The second-order valence-electron chi connectivity index (χ2n) is 8.22. The van der Waals surface area contributed by atoms with Crippen molar-refractivity contribution in [2.24, 2.45) is 0 Å². The van der Waals surface area contributed by atoms with Crippen molar-refractivity contribution in [3.8, 4) is 11.9 Å². The fourth-order valence-electron chi connectivity index (χ4n) is 4.98. The summed E-state index contributed by atoms with van der Waals surface area (Å²) in [4.78, 5) is 11.9. The topological polar surface area (TPSA) is 115 Å². The fraction of sp³-hybridized carbons (Fsp3) is 0.455. The number of H-pyrrole nitrogens is 1. The Morgan fingerprint density at radius 1 is 1.26 bits per heavy atom. The summed E-state index contributed by atoms with van der Waals surface area (Å²) in [6.45, 7) is 0.885. The molecule has 3 aromatic heterocycles. The number of nitriles is 1. The van der Waals surface area contributed by atoms with Crippen LogP contribution in [0.5, 0.6) is 5.88 Å². The Labute approximate surface area is 180 Å². The molecule has 2 aliphatic heterocycles. The Kier molecular flexibility index (Phi) is 5.30. The maximum absolute atomic E-state index is 8.96. The summed E-state index contributed by atoms with van der Waals surface area (Å²) >= 11 is 0. The quantitative estimate of drug-likeness (QED) is 0.535. The highest BCUT2D eigenvalue weighted by Gasteiger charge is 2.40. The number of aromatic amines is 1. The third-order valence-corrected chi connectivity index (χ3v) is 6.34. The molecule has 3 aromatic rings. The molecule has 2 aliphatic rings. The minimum absolute atomic E-state index is 0.354. The van der Waals surface area contributed by atoms with Crippen molar-refractivity contribution in [2.45, 2.75) is 50.2 Å². The van der Waals surface area contributed by atoms with Gasteiger partial charge in [0.05, 0.1) is 18.7 Å². The summed E-state index contributed by atoms with van der Waals surface area (Å²) in [5.41, 5.74) is 0.874. The predicted octanol–water partition coefficient (Wildman–Crippen LogP) is 3.43. The van der Waals surface area contributed by atoms with Crippen LogP contribution in [0.4, 0.5) is 17.5 Å². The number of nitrogens with one attached hydrogen (secondary N) is 3. The molecule has 160 valence electrons. The van der Waals surface area contributed by atoms with Crippen LogP contribution in [0.3, 0.4) is 0 Å². The number of piperidine rings is 1. The molecule has 0 saturated carbocycles. The summed E-state index contributed by atoms with van der Waals surface area (Å²) in [6.07, 6.45) is 6.97. The number of nitrogens with zero attached hydrogens (tertiary/aromatic N) is 5. The molecule has 0 aliphatic carbocycles. The molecule has 9 heteroatoms. The molecule has 0 amide bonds. The van der Waals surface area contributed by atoms with Crippen LogP contribution < -0.4 is 15.4 Å².